The smallest absolute Gasteiger partial charge is 0.123 e. The van der Waals surface area contributed by atoms with E-state index >= 15 is 0 Å². The number of nitrogens with two attached hydrogens (primary N) is 1. The van der Waals surface area contributed by atoms with E-state index < -0.39 is 0 Å². The fourth-order valence-corrected chi connectivity index (χ4v) is 2.65. The summed E-state index contributed by atoms with van der Waals surface area (Å²) in [6, 6.07) is 4.85. The molecular formula is C14H21FN2O. The van der Waals surface area contributed by atoms with E-state index in [0.717, 1.165) is 43.6 Å². The van der Waals surface area contributed by atoms with Crippen LogP contribution in [0.5, 0.6) is 0 Å². The molecule has 0 radical (unpaired) electrons. The lowest BCUT2D eigenvalue weighted by atomic mass is 10.1. The number of aliphatic hydroxyl groups is 1. The van der Waals surface area contributed by atoms with Crippen molar-refractivity contribution in [3.05, 3.63) is 35.1 Å². The summed E-state index contributed by atoms with van der Waals surface area (Å²) in [5.74, 6) is 0.371. The van der Waals surface area contributed by atoms with Gasteiger partial charge in [0.05, 0.1) is 0 Å². The molecule has 3 nitrogen and oxygen atoms in total. The van der Waals surface area contributed by atoms with Crippen LogP contribution in [0.1, 0.15) is 24.0 Å². The summed E-state index contributed by atoms with van der Waals surface area (Å²) in [4.78, 5) is 2.35. The number of likely N-dealkylation sites (tertiary alicyclic amines) is 1. The zero-order valence-electron chi connectivity index (χ0n) is 10.6. The van der Waals surface area contributed by atoms with Crippen LogP contribution in [0.25, 0.3) is 0 Å². The molecule has 18 heavy (non-hydrogen) atoms. The zero-order valence-corrected chi connectivity index (χ0v) is 10.6. The highest BCUT2D eigenvalue weighted by Crippen LogP contribution is 2.22. The van der Waals surface area contributed by atoms with Crippen LogP contribution in [-0.4, -0.2) is 29.7 Å². The number of hydrogen-bond donors (Lipinski definition) is 2. The van der Waals surface area contributed by atoms with Gasteiger partial charge in [-0.25, -0.2) is 4.39 Å². The van der Waals surface area contributed by atoms with Gasteiger partial charge in [-0.1, -0.05) is 6.07 Å². The summed E-state index contributed by atoms with van der Waals surface area (Å²) >= 11 is 0. The first-order valence-corrected chi connectivity index (χ1v) is 6.53. The van der Waals surface area contributed by atoms with E-state index in [1.165, 1.54) is 12.1 Å². The van der Waals surface area contributed by atoms with Crippen molar-refractivity contribution < 1.29 is 9.50 Å². The monoisotopic (exact) mass is 252 g/mol. The SMILES string of the molecule is NCc1cc(F)ccc1CN1CCC(CCO)C1. The predicted octanol–water partition coefficient (Wildman–Crippen LogP) is 1.49. The molecule has 1 atom stereocenters. The fourth-order valence-electron chi connectivity index (χ4n) is 2.65. The van der Waals surface area contributed by atoms with Crippen LogP contribution in [0.15, 0.2) is 18.2 Å². The average Bonchev–Trinajstić information content (AvgIpc) is 2.79. The van der Waals surface area contributed by atoms with Crippen LogP contribution >= 0.6 is 0 Å². The Hall–Kier alpha value is -0.970. The largest absolute Gasteiger partial charge is 0.396 e. The Morgan fingerprint density at radius 1 is 1.39 bits per heavy atom. The molecule has 0 amide bonds. The van der Waals surface area contributed by atoms with Crippen LogP contribution in [0.4, 0.5) is 4.39 Å². The van der Waals surface area contributed by atoms with Gasteiger partial charge in [0.2, 0.25) is 0 Å². The molecule has 0 aliphatic carbocycles. The molecule has 1 aromatic rings. The van der Waals surface area contributed by atoms with Crippen molar-refractivity contribution in [1.29, 1.82) is 0 Å². The topological polar surface area (TPSA) is 49.5 Å². The summed E-state index contributed by atoms with van der Waals surface area (Å²) in [5, 5.41) is 8.94. The van der Waals surface area contributed by atoms with E-state index in [1.54, 1.807) is 0 Å². The van der Waals surface area contributed by atoms with Gasteiger partial charge in [0.15, 0.2) is 0 Å². The van der Waals surface area contributed by atoms with E-state index in [1.807, 2.05) is 6.07 Å². The van der Waals surface area contributed by atoms with Gasteiger partial charge in [-0.2, -0.15) is 0 Å². The third kappa shape index (κ3) is 3.28. The van der Waals surface area contributed by atoms with Gasteiger partial charge in [0, 0.05) is 26.2 Å². The van der Waals surface area contributed by atoms with Crippen molar-refractivity contribution in [2.75, 3.05) is 19.7 Å². The van der Waals surface area contributed by atoms with Crippen molar-refractivity contribution in [1.82, 2.24) is 4.90 Å². The normalized spacial score (nSPS) is 20.5. The molecule has 0 aromatic heterocycles. The number of hydrogen-bond acceptors (Lipinski definition) is 3. The van der Waals surface area contributed by atoms with Gasteiger partial charge >= 0.3 is 0 Å². The minimum Gasteiger partial charge on any atom is -0.396 e. The molecule has 0 spiro atoms. The van der Waals surface area contributed by atoms with E-state index in [0.29, 0.717) is 12.5 Å². The third-order valence-electron chi connectivity index (χ3n) is 3.69. The molecule has 4 heteroatoms. The molecule has 1 aromatic carbocycles. The van der Waals surface area contributed by atoms with E-state index in [-0.39, 0.29) is 12.4 Å². The molecule has 0 saturated carbocycles. The lowest BCUT2D eigenvalue weighted by molar-refractivity contribution is 0.249. The number of aliphatic hydroxyl groups excluding tert-OH is 1. The van der Waals surface area contributed by atoms with Crippen LogP contribution in [0.2, 0.25) is 0 Å². The molecule has 1 saturated heterocycles. The van der Waals surface area contributed by atoms with Crippen molar-refractivity contribution in [3.63, 3.8) is 0 Å². The Labute approximate surface area is 107 Å². The minimum atomic E-state index is -0.223. The molecule has 1 heterocycles. The van der Waals surface area contributed by atoms with Crippen molar-refractivity contribution in [2.24, 2.45) is 11.7 Å². The highest BCUT2D eigenvalue weighted by molar-refractivity contribution is 5.27. The predicted molar refractivity (Wildman–Crippen MR) is 69.4 cm³/mol. The number of halogens is 1. The lowest BCUT2D eigenvalue weighted by Gasteiger charge is -2.18. The Balaban J connectivity index is 1.98. The molecule has 3 N–H and O–H groups in total. The molecule has 1 aliphatic rings. The average molecular weight is 252 g/mol. The quantitative estimate of drug-likeness (QED) is 0.834. The van der Waals surface area contributed by atoms with Gasteiger partial charge in [-0.05, 0) is 48.6 Å². The van der Waals surface area contributed by atoms with Crippen molar-refractivity contribution >= 4 is 0 Å². The summed E-state index contributed by atoms with van der Waals surface area (Å²) in [7, 11) is 0. The van der Waals surface area contributed by atoms with E-state index in [2.05, 4.69) is 4.90 Å². The molecule has 1 fully saturated rings. The van der Waals surface area contributed by atoms with E-state index in [9.17, 15) is 4.39 Å². The van der Waals surface area contributed by atoms with Crippen LogP contribution in [0, 0.1) is 11.7 Å². The Morgan fingerprint density at radius 3 is 2.94 bits per heavy atom. The Bertz CT molecular complexity index is 397. The third-order valence-corrected chi connectivity index (χ3v) is 3.69. The first kappa shape index (κ1) is 13.5. The van der Waals surface area contributed by atoms with E-state index in [4.69, 9.17) is 10.8 Å². The lowest BCUT2D eigenvalue weighted by Crippen LogP contribution is -2.21. The van der Waals surface area contributed by atoms with Crippen molar-refractivity contribution in [3.8, 4) is 0 Å². The fraction of sp³-hybridized carbons (Fsp3) is 0.571. The maximum Gasteiger partial charge on any atom is 0.123 e. The Kier molecular flexibility index (Phi) is 4.69. The Morgan fingerprint density at radius 2 is 2.22 bits per heavy atom. The standard InChI is InChI=1S/C14H21FN2O/c15-14-2-1-12(13(7-14)8-16)10-17-5-3-11(9-17)4-6-18/h1-2,7,11,18H,3-6,8-10,16H2. The van der Waals surface area contributed by atoms with Gasteiger partial charge in [0.25, 0.3) is 0 Å². The van der Waals surface area contributed by atoms with Crippen LogP contribution < -0.4 is 5.73 Å². The summed E-state index contributed by atoms with van der Waals surface area (Å²) in [6.45, 7) is 3.53. The maximum absolute atomic E-state index is 13.1. The molecule has 1 unspecified atom stereocenters. The van der Waals surface area contributed by atoms with Crippen LogP contribution in [0.3, 0.4) is 0 Å². The molecule has 2 rings (SSSR count). The highest BCUT2D eigenvalue weighted by atomic mass is 19.1. The summed E-state index contributed by atoms with van der Waals surface area (Å²) in [6.07, 6.45) is 2.02. The second-order valence-electron chi connectivity index (χ2n) is 5.02. The first-order valence-electron chi connectivity index (χ1n) is 6.53. The first-order chi connectivity index (χ1) is 8.72. The van der Waals surface area contributed by atoms with Crippen LogP contribution in [-0.2, 0) is 13.1 Å². The molecule has 0 bridgehead atoms. The van der Waals surface area contributed by atoms with Gasteiger partial charge in [-0.15, -0.1) is 0 Å². The molecule has 100 valence electrons. The zero-order chi connectivity index (χ0) is 13.0. The van der Waals surface area contributed by atoms with Gasteiger partial charge in [0.1, 0.15) is 5.82 Å². The number of benzene rings is 1. The minimum absolute atomic E-state index is 0.223. The number of nitrogens with zero attached hydrogens (tertiary/aromatic N) is 1. The second-order valence-corrected chi connectivity index (χ2v) is 5.02. The summed E-state index contributed by atoms with van der Waals surface area (Å²) in [5.41, 5.74) is 7.65. The van der Waals surface area contributed by atoms with Gasteiger partial charge in [-0.3, -0.25) is 4.90 Å². The molecular weight excluding hydrogens is 231 g/mol. The molecule has 1 aliphatic heterocycles. The van der Waals surface area contributed by atoms with Crippen molar-refractivity contribution in [2.45, 2.75) is 25.9 Å². The summed E-state index contributed by atoms with van der Waals surface area (Å²) < 4.78 is 13.1. The van der Waals surface area contributed by atoms with Gasteiger partial charge < -0.3 is 10.8 Å². The second kappa shape index (κ2) is 6.27. The highest BCUT2D eigenvalue weighted by Gasteiger charge is 2.22. The number of rotatable bonds is 5. The maximum atomic E-state index is 13.1.